The van der Waals surface area contributed by atoms with Gasteiger partial charge in [-0.25, -0.2) is 13.8 Å². The van der Waals surface area contributed by atoms with Crippen molar-refractivity contribution < 1.29 is 8.78 Å². The number of halogens is 2. The highest BCUT2D eigenvalue weighted by Crippen LogP contribution is 2.29. The molecule has 0 radical (unpaired) electrons. The summed E-state index contributed by atoms with van der Waals surface area (Å²) in [6.45, 7) is 1.87. The highest BCUT2D eigenvalue weighted by Gasteiger charge is 2.10. The third-order valence-corrected chi connectivity index (χ3v) is 5.39. The highest BCUT2D eigenvalue weighted by atomic mass is 32.2. The molecule has 0 amide bonds. The highest BCUT2D eigenvalue weighted by molar-refractivity contribution is 8.00. The average Bonchev–Trinajstić information content (AvgIpc) is 2.77. The van der Waals surface area contributed by atoms with E-state index in [4.69, 9.17) is 5.73 Å². The molecule has 0 saturated carbocycles. The number of fused-ring (bicyclic) bond motifs is 1. The molecule has 2 aromatic carbocycles. The fourth-order valence-corrected chi connectivity index (χ4v) is 3.47. The van der Waals surface area contributed by atoms with E-state index in [9.17, 15) is 8.78 Å². The van der Waals surface area contributed by atoms with Gasteiger partial charge in [0.05, 0.1) is 39.7 Å². The van der Waals surface area contributed by atoms with Crippen LogP contribution in [0.5, 0.6) is 0 Å². The molecule has 8 heteroatoms. The molecule has 0 aliphatic carbocycles. The molecule has 0 fully saturated rings. The van der Waals surface area contributed by atoms with Crippen molar-refractivity contribution in [1.29, 1.82) is 0 Å². The summed E-state index contributed by atoms with van der Waals surface area (Å²) in [5, 5.41) is 0. The van der Waals surface area contributed by atoms with E-state index >= 15 is 0 Å². The fraction of sp³-hybridized carbons (Fsp3) is 0.0455. The first-order chi connectivity index (χ1) is 14.5. The molecule has 4 aromatic rings. The predicted molar refractivity (Wildman–Crippen MR) is 116 cm³/mol. The zero-order valence-corrected chi connectivity index (χ0v) is 16.8. The van der Waals surface area contributed by atoms with E-state index < -0.39 is 11.6 Å². The molecule has 0 saturated heterocycles. The molecule has 30 heavy (non-hydrogen) atoms. The number of hydrogen-bond acceptors (Lipinski definition) is 6. The summed E-state index contributed by atoms with van der Waals surface area (Å²) in [5.74, 6) is -1.25. The zero-order valence-electron chi connectivity index (χ0n) is 15.9. The Morgan fingerprint density at radius 1 is 1.00 bits per heavy atom. The lowest BCUT2D eigenvalue weighted by Gasteiger charge is -2.09. The Bertz CT molecular complexity index is 1240. The van der Waals surface area contributed by atoms with Crippen molar-refractivity contribution in [3.05, 3.63) is 84.6 Å². The second kappa shape index (κ2) is 8.46. The van der Waals surface area contributed by atoms with Gasteiger partial charge in [0, 0.05) is 11.8 Å². The molecule has 2 heterocycles. The lowest BCUT2D eigenvalue weighted by molar-refractivity contribution is 0.541. The Labute approximate surface area is 176 Å². The van der Waals surface area contributed by atoms with Crippen LogP contribution >= 0.6 is 11.9 Å². The molecular formula is C22H17F2N5S. The van der Waals surface area contributed by atoms with Gasteiger partial charge in [-0.15, -0.1) is 0 Å². The van der Waals surface area contributed by atoms with Crippen LogP contribution < -0.4 is 10.5 Å². The van der Waals surface area contributed by atoms with Crippen LogP contribution in [0.15, 0.2) is 72.2 Å². The number of nitrogens with zero attached hydrogens (tertiary/aromatic N) is 3. The van der Waals surface area contributed by atoms with Gasteiger partial charge in [-0.05, 0) is 66.5 Å². The van der Waals surface area contributed by atoms with Crippen LogP contribution in [-0.2, 0) is 0 Å². The van der Waals surface area contributed by atoms with Gasteiger partial charge in [0.15, 0.2) is 0 Å². The van der Waals surface area contributed by atoms with Crippen LogP contribution in [0.25, 0.3) is 27.7 Å². The van der Waals surface area contributed by atoms with Crippen LogP contribution in [0.1, 0.15) is 12.6 Å². The van der Waals surface area contributed by atoms with Gasteiger partial charge in [-0.1, -0.05) is 12.1 Å². The number of nitrogens with two attached hydrogens (primary N) is 1. The Morgan fingerprint density at radius 2 is 1.80 bits per heavy atom. The van der Waals surface area contributed by atoms with Crippen LogP contribution in [0.3, 0.4) is 0 Å². The molecule has 5 nitrogen and oxygen atoms in total. The molecule has 3 N–H and O–H groups in total. The van der Waals surface area contributed by atoms with E-state index in [1.54, 1.807) is 18.6 Å². The Hall–Kier alpha value is -3.52. The summed E-state index contributed by atoms with van der Waals surface area (Å²) < 4.78 is 30.6. The molecule has 4 rings (SSSR count). The van der Waals surface area contributed by atoms with Gasteiger partial charge in [-0.2, -0.15) is 0 Å². The smallest absolute Gasteiger partial charge is 0.141 e. The minimum absolute atomic E-state index is 0.0975. The van der Waals surface area contributed by atoms with Gasteiger partial charge >= 0.3 is 0 Å². The minimum atomic E-state index is -0.623. The Kier molecular flexibility index (Phi) is 5.58. The van der Waals surface area contributed by atoms with E-state index in [-0.39, 0.29) is 4.90 Å². The molecule has 0 bridgehead atoms. The molecular weight excluding hydrogens is 404 g/mol. The third-order valence-electron chi connectivity index (χ3n) is 4.46. The third kappa shape index (κ3) is 4.08. The molecule has 0 unspecified atom stereocenters. The zero-order chi connectivity index (χ0) is 21.1. The van der Waals surface area contributed by atoms with Crippen molar-refractivity contribution in [3.63, 3.8) is 0 Å². The second-order valence-electron chi connectivity index (χ2n) is 6.53. The first-order valence-corrected chi connectivity index (χ1v) is 9.85. The summed E-state index contributed by atoms with van der Waals surface area (Å²) in [6, 6.07) is 11.3. The number of anilines is 1. The summed E-state index contributed by atoms with van der Waals surface area (Å²) in [4.78, 5) is 13.2. The van der Waals surface area contributed by atoms with E-state index in [0.717, 1.165) is 39.7 Å². The maximum absolute atomic E-state index is 13.8. The quantitative estimate of drug-likeness (QED) is 0.420. The maximum atomic E-state index is 13.8. The largest absolute Gasteiger partial charge is 0.404 e. The normalized spacial score (nSPS) is 11.6. The fourth-order valence-electron chi connectivity index (χ4n) is 2.81. The van der Waals surface area contributed by atoms with Gasteiger partial charge in [0.25, 0.3) is 0 Å². The average molecular weight is 421 g/mol. The predicted octanol–water partition coefficient (Wildman–Crippen LogP) is 5.41. The van der Waals surface area contributed by atoms with Gasteiger partial charge in [-0.3, -0.25) is 9.97 Å². The SMILES string of the molecule is C/C(=C\N)c1cnc2ccc(-c3cncc(NSc4c(F)cccc4F)c3)cc2n1. The monoisotopic (exact) mass is 421 g/mol. The molecule has 0 aliphatic heterocycles. The van der Waals surface area contributed by atoms with Crippen molar-refractivity contribution >= 4 is 34.2 Å². The van der Waals surface area contributed by atoms with Crippen LogP contribution in [0.4, 0.5) is 14.5 Å². The van der Waals surface area contributed by atoms with E-state index in [2.05, 4.69) is 19.7 Å². The summed E-state index contributed by atoms with van der Waals surface area (Å²) in [5.41, 5.74) is 10.9. The van der Waals surface area contributed by atoms with Crippen molar-refractivity contribution in [2.45, 2.75) is 11.8 Å². The van der Waals surface area contributed by atoms with E-state index in [0.29, 0.717) is 11.4 Å². The molecule has 0 aliphatic rings. The summed E-state index contributed by atoms with van der Waals surface area (Å²) >= 11 is 0.860. The number of benzene rings is 2. The van der Waals surface area contributed by atoms with Crippen LogP contribution in [-0.4, -0.2) is 15.0 Å². The second-order valence-corrected chi connectivity index (χ2v) is 7.34. The Balaban J connectivity index is 1.62. The van der Waals surface area contributed by atoms with Crippen molar-refractivity contribution in [2.24, 2.45) is 5.73 Å². The number of allylic oxidation sites excluding steroid dienone is 1. The first kappa shape index (κ1) is 19.8. The van der Waals surface area contributed by atoms with E-state index in [1.165, 1.54) is 24.4 Å². The van der Waals surface area contributed by atoms with Crippen molar-refractivity contribution in [1.82, 2.24) is 15.0 Å². The van der Waals surface area contributed by atoms with E-state index in [1.807, 2.05) is 31.2 Å². The molecule has 150 valence electrons. The number of pyridine rings is 1. The first-order valence-electron chi connectivity index (χ1n) is 9.03. The van der Waals surface area contributed by atoms with Gasteiger partial charge < -0.3 is 10.5 Å². The van der Waals surface area contributed by atoms with Crippen molar-refractivity contribution in [2.75, 3.05) is 4.72 Å². The minimum Gasteiger partial charge on any atom is -0.404 e. The summed E-state index contributed by atoms with van der Waals surface area (Å²) in [6.07, 6.45) is 6.48. The van der Waals surface area contributed by atoms with Gasteiger partial charge in [0.1, 0.15) is 11.6 Å². The Morgan fingerprint density at radius 3 is 2.57 bits per heavy atom. The van der Waals surface area contributed by atoms with Gasteiger partial charge in [0.2, 0.25) is 0 Å². The topological polar surface area (TPSA) is 76.7 Å². The standard InChI is InChI=1S/C22H17F2N5S/c1-13(9-25)21-12-27-19-6-5-14(8-20(19)28-21)15-7-16(11-26-10-15)29-30-22-17(23)3-2-4-18(22)24/h2-12,29H,25H2,1H3/b13-9+. The number of nitrogens with one attached hydrogen (secondary N) is 1. The number of aromatic nitrogens is 3. The molecule has 0 spiro atoms. The maximum Gasteiger partial charge on any atom is 0.141 e. The molecule has 2 aromatic heterocycles. The number of hydrogen-bond donors (Lipinski definition) is 2. The van der Waals surface area contributed by atoms with Crippen molar-refractivity contribution in [3.8, 4) is 11.1 Å². The summed E-state index contributed by atoms with van der Waals surface area (Å²) in [7, 11) is 0. The number of rotatable bonds is 5. The molecule has 0 atom stereocenters. The van der Waals surface area contributed by atoms with Crippen LogP contribution in [0.2, 0.25) is 0 Å². The lowest BCUT2D eigenvalue weighted by atomic mass is 10.1. The lowest BCUT2D eigenvalue weighted by Crippen LogP contribution is -1.94. The van der Waals surface area contributed by atoms with Crippen LogP contribution in [0, 0.1) is 11.6 Å².